The fourth-order valence-electron chi connectivity index (χ4n) is 5.57. The van der Waals surface area contributed by atoms with Gasteiger partial charge in [0.2, 0.25) is 11.9 Å². The largest absolute Gasteiger partial charge is 0.218 e. The Balaban J connectivity index is 1.34. The van der Waals surface area contributed by atoms with Crippen molar-refractivity contribution in [2.75, 3.05) is 0 Å². The van der Waals surface area contributed by atoms with Gasteiger partial charge in [-0.2, -0.15) is 13.8 Å². The molecule has 0 atom stereocenters. The zero-order valence-electron chi connectivity index (χ0n) is 17.1. The van der Waals surface area contributed by atoms with Crippen LogP contribution in [0.25, 0.3) is 0 Å². The van der Waals surface area contributed by atoms with Gasteiger partial charge in [-0.25, -0.2) is 0 Å². The Labute approximate surface area is 164 Å². The van der Waals surface area contributed by atoms with Crippen LogP contribution in [0.4, 0.5) is 8.78 Å². The molecule has 2 fully saturated rings. The van der Waals surface area contributed by atoms with Gasteiger partial charge in [0.15, 0.2) is 0 Å². The summed E-state index contributed by atoms with van der Waals surface area (Å²) in [6, 6.07) is 2.83. The fourth-order valence-corrected chi connectivity index (χ4v) is 5.57. The highest BCUT2D eigenvalue weighted by atomic mass is 19.1. The standard InChI is InChI=1S/C24H37F2N/c1-2-3-4-5-18-6-11-20(12-7-18)21-13-8-19(9-14-21)10-15-22-16-17-23(25)27-24(22)26/h16-21H,2-15H2,1H3. The fraction of sp³-hybridized carbons (Fsp3) is 0.792. The van der Waals surface area contributed by atoms with Crippen LogP contribution in [0.3, 0.4) is 0 Å². The van der Waals surface area contributed by atoms with E-state index < -0.39 is 11.9 Å². The molecule has 0 unspecified atom stereocenters. The third-order valence-corrected chi connectivity index (χ3v) is 7.38. The van der Waals surface area contributed by atoms with Crippen molar-refractivity contribution in [3.63, 3.8) is 0 Å². The monoisotopic (exact) mass is 377 g/mol. The lowest BCUT2D eigenvalue weighted by Gasteiger charge is -2.38. The maximum Gasteiger partial charge on any atom is 0.218 e. The summed E-state index contributed by atoms with van der Waals surface area (Å²) in [4.78, 5) is 3.31. The van der Waals surface area contributed by atoms with Gasteiger partial charge < -0.3 is 0 Å². The van der Waals surface area contributed by atoms with E-state index in [4.69, 9.17) is 0 Å². The van der Waals surface area contributed by atoms with Gasteiger partial charge in [-0.3, -0.25) is 0 Å². The highest BCUT2D eigenvalue weighted by Crippen LogP contribution is 2.43. The molecular weight excluding hydrogens is 340 g/mol. The van der Waals surface area contributed by atoms with Crippen LogP contribution >= 0.6 is 0 Å². The van der Waals surface area contributed by atoms with Crippen molar-refractivity contribution < 1.29 is 8.78 Å². The molecule has 152 valence electrons. The van der Waals surface area contributed by atoms with Crippen LogP contribution in [0.15, 0.2) is 12.1 Å². The third-order valence-electron chi connectivity index (χ3n) is 7.38. The van der Waals surface area contributed by atoms with E-state index >= 15 is 0 Å². The average molecular weight is 378 g/mol. The van der Waals surface area contributed by atoms with Crippen LogP contribution in [-0.4, -0.2) is 4.98 Å². The summed E-state index contributed by atoms with van der Waals surface area (Å²) >= 11 is 0. The number of aromatic nitrogens is 1. The molecule has 0 saturated heterocycles. The summed E-state index contributed by atoms with van der Waals surface area (Å²) in [7, 11) is 0. The molecule has 2 aliphatic carbocycles. The normalized spacial score (nSPS) is 29.0. The molecule has 0 bridgehead atoms. The van der Waals surface area contributed by atoms with Gasteiger partial charge in [0, 0.05) is 5.56 Å². The lowest BCUT2D eigenvalue weighted by molar-refractivity contribution is 0.140. The second kappa shape index (κ2) is 10.5. The first kappa shape index (κ1) is 20.7. The van der Waals surface area contributed by atoms with Gasteiger partial charge in [-0.05, 0) is 74.3 Å². The first-order valence-electron chi connectivity index (χ1n) is 11.5. The maximum atomic E-state index is 13.7. The number of unbranched alkanes of at least 4 members (excludes halogenated alkanes) is 2. The number of pyridine rings is 1. The van der Waals surface area contributed by atoms with E-state index in [1.165, 1.54) is 83.1 Å². The summed E-state index contributed by atoms with van der Waals surface area (Å²) in [6.45, 7) is 2.29. The van der Waals surface area contributed by atoms with Crippen LogP contribution in [0.2, 0.25) is 0 Å². The van der Waals surface area contributed by atoms with E-state index in [9.17, 15) is 8.78 Å². The molecule has 0 spiro atoms. The van der Waals surface area contributed by atoms with Crippen molar-refractivity contribution in [2.45, 2.75) is 96.8 Å². The summed E-state index contributed by atoms with van der Waals surface area (Å²) in [5.41, 5.74) is 0.569. The van der Waals surface area contributed by atoms with E-state index in [1.54, 1.807) is 6.07 Å². The minimum Gasteiger partial charge on any atom is -0.190 e. The summed E-state index contributed by atoms with van der Waals surface area (Å²) in [5.74, 6) is 2.25. The Hall–Kier alpha value is -0.990. The van der Waals surface area contributed by atoms with Crippen molar-refractivity contribution in [1.82, 2.24) is 4.98 Å². The molecule has 0 aromatic carbocycles. The second-order valence-electron chi connectivity index (χ2n) is 9.18. The zero-order chi connectivity index (χ0) is 19.1. The van der Waals surface area contributed by atoms with Crippen LogP contribution in [0.1, 0.15) is 96.0 Å². The van der Waals surface area contributed by atoms with Crippen LogP contribution in [0, 0.1) is 35.6 Å². The molecule has 0 aliphatic heterocycles. The zero-order valence-corrected chi connectivity index (χ0v) is 17.1. The van der Waals surface area contributed by atoms with Gasteiger partial charge >= 0.3 is 0 Å². The van der Waals surface area contributed by atoms with E-state index in [0.29, 0.717) is 17.9 Å². The van der Waals surface area contributed by atoms with E-state index in [1.807, 2.05) is 0 Å². The molecule has 0 amide bonds. The Morgan fingerprint density at radius 2 is 1.41 bits per heavy atom. The molecule has 0 N–H and O–H groups in total. The number of hydrogen-bond donors (Lipinski definition) is 0. The Kier molecular flexibility index (Phi) is 8.08. The molecule has 0 radical (unpaired) electrons. The topological polar surface area (TPSA) is 12.9 Å². The van der Waals surface area contributed by atoms with Gasteiger partial charge in [0.05, 0.1) is 0 Å². The number of nitrogens with zero attached hydrogens (tertiary/aromatic N) is 1. The summed E-state index contributed by atoms with van der Waals surface area (Å²) < 4.78 is 26.6. The first-order valence-corrected chi connectivity index (χ1v) is 11.5. The van der Waals surface area contributed by atoms with Gasteiger partial charge in [-0.15, -0.1) is 0 Å². The Bertz CT molecular complexity index is 557. The van der Waals surface area contributed by atoms with Crippen molar-refractivity contribution in [3.05, 3.63) is 29.6 Å². The van der Waals surface area contributed by atoms with Crippen molar-refractivity contribution in [2.24, 2.45) is 23.7 Å². The highest BCUT2D eigenvalue weighted by Gasteiger charge is 2.30. The molecule has 2 aliphatic rings. The minimum absolute atomic E-state index is 0.569. The van der Waals surface area contributed by atoms with E-state index in [2.05, 4.69) is 11.9 Å². The minimum atomic E-state index is -0.725. The molecule has 1 aromatic heterocycles. The molecule has 1 nitrogen and oxygen atoms in total. The predicted molar refractivity (Wildman–Crippen MR) is 108 cm³/mol. The van der Waals surface area contributed by atoms with E-state index in [-0.39, 0.29) is 0 Å². The van der Waals surface area contributed by atoms with Crippen molar-refractivity contribution in [1.29, 1.82) is 0 Å². The van der Waals surface area contributed by atoms with Crippen LogP contribution in [-0.2, 0) is 6.42 Å². The molecule has 27 heavy (non-hydrogen) atoms. The quantitative estimate of drug-likeness (QED) is 0.338. The van der Waals surface area contributed by atoms with E-state index in [0.717, 1.165) is 24.2 Å². The van der Waals surface area contributed by atoms with Gasteiger partial charge in [-0.1, -0.05) is 58.3 Å². The summed E-state index contributed by atoms with van der Waals surface area (Å²) in [5, 5.41) is 0. The third kappa shape index (κ3) is 6.26. The number of aryl methyl sites for hydroxylation is 1. The predicted octanol–water partition coefficient (Wildman–Crippen LogP) is 7.49. The number of rotatable bonds is 8. The smallest absolute Gasteiger partial charge is 0.190 e. The Morgan fingerprint density at radius 3 is 1.96 bits per heavy atom. The lowest BCUT2D eigenvalue weighted by atomic mass is 9.68. The molecule has 3 heteroatoms. The first-order chi connectivity index (χ1) is 13.2. The van der Waals surface area contributed by atoms with Crippen LogP contribution in [0.5, 0.6) is 0 Å². The molecule has 1 heterocycles. The maximum absolute atomic E-state index is 13.7. The molecule has 2 saturated carbocycles. The number of halogens is 2. The number of hydrogen-bond acceptors (Lipinski definition) is 1. The molecule has 1 aromatic rings. The lowest BCUT2D eigenvalue weighted by Crippen LogP contribution is -2.26. The summed E-state index contributed by atoms with van der Waals surface area (Å²) in [6.07, 6.45) is 18.5. The molecular formula is C24H37F2N. The molecule has 3 rings (SSSR count). The second-order valence-corrected chi connectivity index (χ2v) is 9.18. The van der Waals surface area contributed by atoms with Crippen LogP contribution < -0.4 is 0 Å². The SMILES string of the molecule is CCCCCC1CCC(C2CCC(CCc3ccc(F)nc3F)CC2)CC1. The highest BCUT2D eigenvalue weighted by molar-refractivity contribution is 5.11. The average Bonchev–Trinajstić information content (AvgIpc) is 2.69. The van der Waals surface area contributed by atoms with Gasteiger partial charge in [0.1, 0.15) is 0 Å². The van der Waals surface area contributed by atoms with Crippen molar-refractivity contribution in [3.8, 4) is 0 Å². The Morgan fingerprint density at radius 1 is 0.815 bits per heavy atom. The van der Waals surface area contributed by atoms with Crippen molar-refractivity contribution >= 4 is 0 Å². The van der Waals surface area contributed by atoms with Gasteiger partial charge in [0.25, 0.3) is 0 Å².